The summed E-state index contributed by atoms with van der Waals surface area (Å²) < 4.78 is 62.6. The van der Waals surface area contributed by atoms with E-state index in [0.29, 0.717) is 18.7 Å². The molecule has 8 atom stereocenters. The molecule has 28 heteroatoms. The Morgan fingerprint density at radius 2 is 1.32 bits per heavy atom. The van der Waals surface area contributed by atoms with Gasteiger partial charge in [0.2, 0.25) is 11.8 Å². The van der Waals surface area contributed by atoms with Crippen LogP contribution in [-0.2, 0) is 45.9 Å². The van der Waals surface area contributed by atoms with E-state index < -0.39 is 78.6 Å². The van der Waals surface area contributed by atoms with Crippen molar-refractivity contribution in [2.24, 2.45) is 5.41 Å². The van der Waals surface area contributed by atoms with Crippen LogP contribution in [0.2, 0.25) is 0 Å². The highest BCUT2D eigenvalue weighted by Gasteiger charge is 2.50. The van der Waals surface area contributed by atoms with E-state index in [1.54, 1.807) is 11.8 Å². The van der Waals surface area contributed by atoms with Gasteiger partial charge >= 0.3 is 23.5 Å². The van der Waals surface area contributed by atoms with Crippen molar-refractivity contribution < 1.29 is 80.8 Å². The number of fused-ring (bicyclic) bond motifs is 1. The van der Waals surface area contributed by atoms with Gasteiger partial charge in [0.15, 0.2) is 17.7 Å². The fraction of sp³-hybridized carbons (Fsp3) is 0.851. The van der Waals surface area contributed by atoms with Gasteiger partial charge in [0, 0.05) is 30.7 Å². The number of nitrogens with one attached hydrogen (secondary N) is 2. The summed E-state index contributed by atoms with van der Waals surface area (Å²) in [6.07, 6.45) is 22.4. The number of anilines is 1. The quantitative estimate of drug-likeness (QED) is 0.0227. The molecule has 0 radical (unpaired) electrons. The predicted octanol–water partition coefficient (Wildman–Crippen LogP) is 7.49. The van der Waals surface area contributed by atoms with Crippen molar-refractivity contribution in [1.29, 1.82) is 0 Å². The van der Waals surface area contributed by atoms with Crippen molar-refractivity contribution in [3.63, 3.8) is 0 Å². The molecule has 11 N–H and O–H groups in total. The number of ether oxygens (including phenoxy) is 1. The van der Waals surface area contributed by atoms with Crippen LogP contribution in [0.15, 0.2) is 12.7 Å². The Kier molecular flexibility index (Phi) is 31.7. The van der Waals surface area contributed by atoms with Crippen LogP contribution in [0.5, 0.6) is 0 Å². The van der Waals surface area contributed by atoms with Crippen LogP contribution in [0.1, 0.15) is 181 Å². The Bertz CT molecular complexity index is 2090. The Morgan fingerprint density at radius 3 is 1.88 bits per heavy atom. The minimum atomic E-state index is -5.57. The third-order valence-electron chi connectivity index (χ3n) is 12.9. The van der Waals surface area contributed by atoms with E-state index in [9.17, 15) is 58.2 Å². The third-order valence-corrected chi connectivity index (χ3v) is 17.0. The molecule has 1 aliphatic rings. The number of amides is 2. The Hall–Kier alpha value is -2.15. The number of carbonyl (C=O) groups is 2. The lowest BCUT2D eigenvalue weighted by atomic mass is 9.87. The van der Waals surface area contributed by atoms with Gasteiger partial charge in [0.25, 0.3) is 0 Å². The van der Waals surface area contributed by atoms with E-state index in [4.69, 9.17) is 19.5 Å². The molecule has 0 aromatic carbocycles. The van der Waals surface area contributed by atoms with Gasteiger partial charge < -0.3 is 56.0 Å². The fourth-order valence-electron chi connectivity index (χ4n) is 8.48. The lowest BCUT2D eigenvalue weighted by Crippen LogP contribution is -2.46. The first kappa shape index (κ1) is 67.1. The molecule has 2 aromatic rings. The van der Waals surface area contributed by atoms with Crippen molar-refractivity contribution >= 4 is 64.0 Å². The summed E-state index contributed by atoms with van der Waals surface area (Å²) in [7, 11) is -16.4. The summed E-state index contributed by atoms with van der Waals surface area (Å²) in [5.74, 6) is 0.0805. The summed E-state index contributed by atoms with van der Waals surface area (Å²) >= 11 is 1.62. The molecular weight excluding hydrogens is 1060 g/mol. The SMILES string of the molecule is CCCCCCCCCCCCCCCCCCCCCCC[C@H](O)CCSCCNC(=O)CCNC(=O)[C@H](O)C(C)(C)COP(=O)(O)OP(=O)(O)OC[C@H]1O[C@@H](n2cnc3c(N)ncnc32)[C@H](O)[C@@H]1OP(=O)(O)O. The zero-order valence-corrected chi connectivity index (χ0v) is 47.7. The van der Waals surface area contributed by atoms with Crippen molar-refractivity contribution in [2.75, 3.05) is 43.5 Å². The van der Waals surface area contributed by atoms with Crippen LogP contribution in [0.25, 0.3) is 11.2 Å². The predicted molar refractivity (Wildman–Crippen MR) is 285 cm³/mol. The number of aliphatic hydroxyl groups is 3. The van der Waals surface area contributed by atoms with Gasteiger partial charge in [-0.1, -0.05) is 156 Å². The van der Waals surface area contributed by atoms with E-state index in [2.05, 4.69) is 41.3 Å². The minimum Gasteiger partial charge on any atom is -0.393 e. The highest BCUT2D eigenvalue weighted by Crippen LogP contribution is 2.61. The molecular formula is C47H88N7O17P3S. The summed E-state index contributed by atoms with van der Waals surface area (Å²) in [5, 5.41) is 37.2. The second kappa shape index (κ2) is 35.5. The molecule has 3 heterocycles. The Balaban J connectivity index is 1.20. The molecule has 3 rings (SSSR count). The lowest BCUT2D eigenvalue weighted by molar-refractivity contribution is -0.137. The van der Waals surface area contributed by atoms with Crippen LogP contribution in [-0.4, -0.2) is 135 Å². The first-order chi connectivity index (χ1) is 35.6. The number of nitrogen functional groups attached to an aromatic ring is 1. The lowest BCUT2D eigenvalue weighted by Gasteiger charge is -2.30. The Labute approximate surface area is 446 Å². The molecule has 1 aliphatic heterocycles. The maximum atomic E-state index is 12.8. The van der Waals surface area contributed by atoms with E-state index in [1.807, 2.05) is 0 Å². The normalized spacial score (nSPS) is 19.7. The van der Waals surface area contributed by atoms with Crippen LogP contribution in [0.4, 0.5) is 5.82 Å². The second-order valence-electron chi connectivity index (χ2n) is 20.0. The largest absolute Gasteiger partial charge is 0.481 e. The topological polar surface area (TPSA) is 367 Å². The molecule has 75 heavy (non-hydrogen) atoms. The monoisotopic (exact) mass is 1150 g/mol. The first-order valence-corrected chi connectivity index (χ1v) is 32.4. The fourth-order valence-corrected chi connectivity index (χ4v) is 12.2. The van der Waals surface area contributed by atoms with Crippen LogP contribution in [0.3, 0.4) is 0 Å². The van der Waals surface area contributed by atoms with Gasteiger partial charge in [-0.25, -0.2) is 28.6 Å². The molecule has 0 spiro atoms. The van der Waals surface area contributed by atoms with Crippen LogP contribution < -0.4 is 16.4 Å². The molecule has 2 amide bonds. The molecule has 0 saturated carbocycles. The average Bonchev–Trinajstić information content (AvgIpc) is 3.91. The molecule has 2 unspecified atom stereocenters. The summed E-state index contributed by atoms with van der Waals surface area (Å²) in [5.41, 5.74) is 4.32. The van der Waals surface area contributed by atoms with Crippen LogP contribution >= 0.6 is 35.2 Å². The molecule has 1 saturated heterocycles. The van der Waals surface area contributed by atoms with Gasteiger partial charge in [-0.2, -0.15) is 16.1 Å². The standard InChI is InChI=1S/C47H88N7O17P3S/c1-4-5-6-7-8-9-10-11-12-13-14-15-16-17-18-19-20-21-22-23-24-25-36(55)27-30-75-31-29-49-38(56)26-28-50-45(59)42(58)47(2,3)33-68-74(65,66)71-73(63,64)67-32-37-41(70-72(60,61)62)40(57)46(69-37)54-35-53-39-43(48)51-34-52-44(39)54/h34-37,40-42,46,55,57-58H,4-33H2,1-3H3,(H,49,56)(H,50,59)(H,63,64)(H,65,66)(H2,48,51,52)(H2,60,61,62)/t36-,37+,40+,41+,42-,46+/m0/s1. The summed E-state index contributed by atoms with van der Waals surface area (Å²) in [6.45, 7) is 3.08. The number of nitrogens with two attached hydrogens (primary N) is 1. The summed E-state index contributed by atoms with van der Waals surface area (Å²) in [6, 6.07) is 0. The van der Waals surface area contributed by atoms with Crippen molar-refractivity contribution in [2.45, 2.75) is 212 Å². The smallest absolute Gasteiger partial charge is 0.393 e. The van der Waals surface area contributed by atoms with E-state index in [0.717, 1.165) is 42.2 Å². The molecule has 434 valence electrons. The van der Waals surface area contributed by atoms with Crippen molar-refractivity contribution in [3.8, 4) is 0 Å². The molecule has 24 nitrogen and oxygen atoms in total. The number of rotatable bonds is 44. The number of carbonyl (C=O) groups excluding carboxylic acids is 2. The molecule has 0 aliphatic carbocycles. The zero-order valence-electron chi connectivity index (χ0n) is 44.2. The van der Waals surface area contributed by atoms with Crippen molar-refractivity contribution in [3.05, 3.63) is 12.7 Å². The Morgan fingerprint density at radius 1 is 0.773 bits per heavy atom. The highest BCUT2D eigenvalue weighted by atomic mass is 32.2. The molecule has 0 bridgehead atoms. The zero-order chi connectivity index (χ0) is 55.3. The van der Waals surface area contributed by atoms with Gasteiger partial charge in [-0.05, 0) is 18.6 Å². The number of phosphoric ester groups is 3. The number of hydrogen-bond acceptors (Lipinski definition) is 18. The van der Waals surface area contributed by atoms with Crippen LogP contribution in [0, 0.1) is 5.41 Å². The number of aliphatic hydroxyl groups excluding tert-OH is 3. The van der Waals surface area contributed by atoms with Gasteiger partial charge in [-0.15, -0.1) is 0 Å². The highest BCUT2D eigenvalue weighted by molar-refractivity contribution is 7.99. The van der Waals surface area contributed by atoms with E-state index in [-0.39, 0.29) is 42.0 Å². The van der Waals surface area contributed by atoms with E-state index >= 15 is 0 Å². The van der Waals surface area contributed by atoms with Crippen molar-refractivity contribution in [1.82, 2.24) is 30.2 Å². The second-order valence-corrected chi connectivity index (χ2v) is 25.4. The average molecular weight is 1150 g/mol. The molecule has 2 aromatic heterocycles. The van der Waals surface area contributed by atoms with Gasteiger partial charge in [0.05, 0.1) is 25.6 Å². The third kappa shape index (κ3) is 27.5. The number of hydrogen-bond donors (Lipinski definition) is 10. The first-order valence-electron chi connectivity index (χ1n) is 26.7. The molecule has 1 fully saturated rings. The van der Waals surface area contributed by atoms with Gasteiger partial charge in [0.1, 0.15) is 36.3 Å². The number of aromatic nitrogens is 4. The maximum Gasteiger partial charge on any atom is 0.481 e. The maximum absolute atomic E-state index is 12.8. The number of thioether (sulfide) groups is 1. The number of unbranched alkanes of at least 4 members (excludes halogenated alkanes) is 20. The number of nitrogens with zero attached hydrogens (tertiary/aromatic N) is 4. The minimum absolute atomic E-state index is 0.0359. The van der Waals surface area contributed by atoms with Gasteiger partial charge in [-0.3, -0.25) is 27.7 Å². The summed E-state index contributed by atoms with van der Waals surface area (Å²) in [4.78, 5) is 76.4. The van der Waals surface area contributed by atoms with E-state index in [1.165, 1.54) is 136 Å². The number of phosphoric acid groups is 3. The number of imidazole rings is 1.